The third-order valence-corrected chi connectivity index (χ3v) is 3.71. The predicted octanol–water partition coefficient (Wildman–Crippen LogP) is 2.29. The molecule has 102 valence electrons. The Labute approximate surface area is 110 Å². The Morgan fingerprint density at radius 1 is 1.44 bits per heavy atom. The molecule has 0 aliphatic carbocycles. The fourth-order valence-electron chi connectivity index (χ4n) is 2.85. The number of aromatic nitrogens is 2. The lowest BCUT2D eigenvalue weighted by molar-refractivity contribution is 0.0526. The first-order valence-corrected chi connectivity index (χ1v) is 7.11. The minimum Gasteiger partial charge on any atom is -0.381 e. The molecule has 4 heteroatoms. The van der Waals surface area contributed by atoms with Crippen LogP contribution in [0.25, 0.3) is 0 Å². The molecular formula is C14H25N3O. The van der Waals surface area contributed by atoms with E-state index in [2.05, 4.69) is 41.9 Å². The minimum atomic E-state index is 0.417. The summed E-state index contributed by atoms with van der Waals surface area (Å²) >= 11 is 0. The standard InChI is InChI=1S/C14H25N3O/c1-4-15-14(12-6-8-18-9-7-12)13-10-11(3)16-17(13)5-2/h10,12,14-15H,4-9H2,1-3H3. The molecule has 1 aliphatic heterocycles. The van der Waals surface area contributed by atoms with E-state index < -0.39 is 0 Å². The Morgan fingerprint density at radius 3 is 2.78 bits per heavy atom. The predicted molar refractivity (Wildman–Crippen MR) is 72.6 cm³/mol. The van der Waals surface area contributed by atoms with Gasteiger partial charge in [0.2, 0.25) is 0 Å². The minimum absolute atomic E-state index is 0.417. The summed E-state index contributed by atoms with van der Waals surface area (Å²) in [6.07, 6.45) is 2.29. The van der Waals surface area contributed by atoms with Crippen molar-refractivity contribution in [2.75, 3.05) is 19.8 Å². The van der Waals surface area contributed by atoms with E-state index in [1.54, 1.807) is 0 Å². The van der Waals surface area contributed by atoms with Gasteiger partial charge in [0, 0.05) is 19.8 Å². The van der Waals surface area contributed by atoms with Crippen LogP contribution in [0, 0.1) is 12.8 Å². The molecule has 0 radical (unpaired) electrons. The smallest absolute Gasteiger partial charge is 0.0597 e. The van der Waals surface area contributed by atoms with Gasteiger partial charge < -0.3 is 10.1 Å². The van der Waals surface area contributed by atoms with Gasteiger partial charge in [0.1, 0.15) is 0 Å². The van der Waals surface area contributed by atoms with Gasteiger partial charge in [0.05, 0.1) is 17.4 Å². The molecule has 18 heavy (non-hydrogen) atoms. The normalized spacial score (nSPS) is 19.1. The maximum absolute atomic E-state index is 5.48. The van der Waals surface area contributed by atoms with Gasteiger partial charge in [-0.15, -0.1) is 0 Å². The third-order valence-electron chi connectivity index (χ3n) is 3.71. The van der Waals surface area contributed by atoms with Gasteiger partial charge >= 0.3 is 0 Å². The third kappa shape index (κ3) is 2.93. The fourth-order valence-corrected chi connectivity index (χ4v) is 2.85. The molecule has 1 aromatic rings. The maximum Gasteiger partial charge on any atom is 0.0597 e. The van der Waals surface area contributed by atoms with Crippen LogP contribution in [0.1, 0.15) is 44.1 Å². The average Bonchev–Trinajstić information content (AvgIpc) is 2.78. The van der Waals surface area contributed by atoms with Crippen molar-refractivity contribution >= 4 is 0 Å². The molecule has 0 aromatic carbocycles. The highest BCUT2D eigenvalue weighted by Crippen LogP contribution is 2.30. The molecule has 1 aromatic heterocycles. The number of nitrogens with one attached hydrogen (secondary N) is 1. The number of rotatable bonds is 5. The monoisotopic (exact) mass is 251 g/mol. The average molecular weight is 251 g/mol. The van der Waals surface area contributed by atoms with Gasteiger partial charge in [0.15, 0.2) is 0 Å². The van der Waals surface area contributed by atoms with Crippen LogP contribution in [-0.4, -0.2) is 29.5 Å². The first-order chi connectivity index (χ1) is 8.76. The van der Waals surface area contributed by atoms with Gasteiger partial charge in [-0.05, 0) is 45.2 Å². The van der Waals surface area contributed by atoms with Crippen molar-refractivity contribution in [1.82, 2.24) is 15.1 Å². The van der Waals surface area contributed by atoms with Gasteiger partial charge in [-0.3, -0.25) is 4.68 Å². The molecule has 0 amide bonds. The van der Waals surface area contributed by atoms with Gasteiger partial charge in [-0.25, -0.2) is 0 Å². The Balaban J connectivity index is 2.21. The van der Waals surface area contributed by atoms with E-state index >= 15 is 0 Å². The quantitative estimate of drug-likeness (QED) is 0.872. The van der Waals surface area contributed by atoms with Gasteiger partial charge in [0.25, 0.3) is 0 Å². The van der Waals surface area contributed by atoms with E-state index in [-0.39, 0.29) is 0 Å². The highest BCUT2D eigenvalue weighted by molar-refractivity contribution is 5.14. The van der Waals surface area contributed by atoms with Gasteiger partial charge in [-0.1, -0.05) is 6.92 Å². The largest absolute Gasteiger partial charge is 0.381 e. The van der Waals surface area contributed by atoms with Crippen LogP contribution < -0.4 is 5.32 Å². The summed E-state index contributed by atoms with van der Waals surface area (Å²) in [6, 6.07) is 2.65. The lowest BCUT2D eigenvalue weighted by Crippen LogP contribution is -2.33. The van der Waals surface area contributed by atoms with Crippen LogP contribution in [0.2, 0.25) is 0 Å². The van der Waals surface area contributed by atoms with E-state index in [9.17, 15) is 0 Å². The Bertz CT molecular complexity index is 369. The second-order valence-electron chi connectivity index (χ2n) is 5.01. The van der Waals surface area contributed by atoms with E-state index in [4.69, 9.17) is 4.74 Å². The number of hydrogen-bond acceptors (Lipinski definition) is 3. The van der Waals surface area contributed by atoms with Crippen molar-refractivity contribution in [3.05, 3.63) is 17.5 Å². The van der Waals surface area contributed by atoms with E-state index in [0.717, 1.165) is 44.8 Å². The Hall–Kier alpha value is -0.870. The SMILES string of the molecule is CCNC(c1cc(C)nn1CC)C1CCOCC1. The zero-order valence-corrected chi connectivity index (χ0v) is 11.8. The Morgan fingerprint density at radius 2 is 2.17 bits per heavy atom. The van der Waals surface area contributed by atoms with Crippen molar-refractivity contribution in [3.8, 4) is 0 Å². The lowest BCUT2D eigenvalue weighted by atomic mass is 9.89. The molecular weight excluding hydrogens is 226 g/mol. The summed E-state index contributed by atoms with van der Waals surface area (Å²) in [4.78, 5) is 0. The van der Waals surface area contributed by atoms with Crippen LogP contribution in [0.15, 0.2) is 6.07 Å². The maximum atomic E-state index is 5.48. The highest BCUT2D eigenvalue weighted by Gasteiger charge is 2.27. The summed E-state index contributed by atoms with van der Waals surface area (Å²) in [6.45, 7) is 10.1. The summed E-state index contributed by atoms with van der Waals surface area (Å²) in [7, 11) is 0. The molecule has 1 N–H and O–H groups in total. The molecule has 2 rings (SSSR count). The summed E-state index contributed by atoms with van der Waals surface area (Å²) < 4.78 is 7.61. The van der Waals surface area contributed by atoms with E-state index in [0.29, 0.717) is 12.0 Å². The fraction of sp³-hybridized carbons (Fsp3) is 0.786. The van der Waals surface area contributed by atoms with Crippen molar-refractivity contribution in [2.45, 2.75) is 46.2 Å². The lowest BCUT2D eigenvalue weighted by Gasteiger charge is -2.31. The van der Waals surface area contributed by atoms with E-state index in [1.807, 2.05) is 0 Å². The first-order valence-electron chi connectivity index (χ1n) is 7.11. The van der Waals surface area contributed by atoms with Crippen molar-refractivity contribution in [2.24, 2.45) is 5.92 Å². The second-order valence-corrected chi connectivity index (χ2v) is 5.01. The zero-order valence-electron chi connectivity index (χ0n) is 11.8. The summed E-state index contributed by atoms with van der Waals surface area (Å²) in [5, 5.41) is 8.21. The molecule has 0 bridgehead atoms. The Kier molecular flexibility index (Phi) is 4.78. The molecule has 1 fully saturated rings. The molecule has 2 heterocycles. The second kappa shape index (κ2) is 6.34. The molecule has 0 spiro atoms. The molecule has 1 saturated heterocycles. The molecule has 1 aliphatic rings. The number of hydrogen-bond donors (Lipinski definition) is 1. The molecule has 1 unspecified atom stereocenters. The van der Waals surface area contributed by atoms with Crippen LogP contribution >= 0.6 is 0 Å². The topological polar surface area (TPSA) is 39.1 Å². The highest BCUT2D eigenvalue weighted by atomic mass is 16.5. The van der Waals surface area contributed by atoms with E-state index in [1.165, 1.54) is 5.69 Å². The van der Waals surface area contributed by atoms with Crippen molar-refractivity contribution in [1.29, 1.82) is 0 Å². The summed E-state index contributed by atoms with van der Waals surface area (Å²) in [5.41, 5.74) is 2.45. The molecule has 4 nitrogen and oxygen atoms in total. The van der Waals surface area contributed by atoms with Crippen LogP contribution in [-0.2, 0) is 11.3 Å². The summed E-state index contributed by atoms with van der Waals surface area (Å²) in [5.74, 6) is 0.667. The molecule has 1 atom stereocenters. The van der Waals surface area contributed by atoms with Crippen LogP contribution in [0.5, 0.6) is 0 Å². The van der Waals surface area contributed by atoms with Crippen molar-refractivity contribution < 1.29 is 4.74 Å². The zero-order chi connectivity index (χ0) is 13.0. The molecule has 0 saturated carbocycles. The number of ether oxygens (including phenoxy) is 1. The van der Waals surface area contributed by atoms with Crippen LogP contribution in [0.3, 0.4) is 0 Å². The van der Waals surface area contributed by atoms with Gasteiger partial charge in [-0.2, -0.15) is 5.10 Å². The van der Waals surface area contributed by atoms with Crippen molar-refractivity contribution in [3.63, 3.8) is 0 Å². The van der Waals surface area contributed by atoms with Crippen LogP contribution in [0.4, 0.5) is 0 Å². The number of aryl methyl sites for hydroxylation is 2. The first kappa shape index (κ1) is 13.6. The number of nitrogens with zero attached hydrogens (tertiary/aromatic N) is 2.